The molecule has 3 aliphatic rings. The van der Waals surface area contributed by atoms with Gasteiger partial charge in [0.2, 0.25) is 11.8 Å². The number of nitrogens with zero attached hydrogens (tertiary/aromatic N) is 2. The summed E-state index contributed by atoms with van der Waals surface area (Å²) in [5.74, 6) is 0.471. The van der Waals surface area contributed by atoms with Crippen LogP contribution in [0.1, 0.15) is 51.4 Å². The van der Waals surface area contributed by atoms with E-state index in [1.165, 1.54) is 12.8 Å². The molecule has 2 heterocycles. The molecular formula is C17H28N2O3. The monoisotopic (exact) mass is 308 g/mol. The Morgan fingerprint density at radius 3 is 2.50 bits per heavy atom. The molecule has 3 rings (SSSR count). The minimum absolute atomic E-state index is 0.00820. The molecule has 2 amide bonds. The van der Waals surface area contributed by atoms with E-state index in [2.05, 4.69) is 0 Å². The quantitative estimate of drug-likeness (QED) is 0.799. The lowest BCUT2D eigenvalue weighted by molar-refractivity contribution is -0.146. The summed E-state index contributed by atoms with van der Waals surface area (Å²) < 4.78 is 5.38. The van der Waals surface area contributed by atoms with Crippen LogP contribution in [-0.2, 0) is 14.3 Å². The van der Waals surface area contributed by atoms with Crippen LogP contribution in [0.2, 0.25) is 0 Å². The van der Waals surface area contributed by atoms with E-state index in [1.807, 2.05) is 16.8 Å². The molecule has 0 N–H and O–H groups in total. The fraction of sp³-hybridized carbons (Fsp3) is 0.882. The molecule has 124 valence electrons. The summed E-state index contributed by atoms with van der Waals surface area (Å²) in [6, 6.07) is 0.690. The third-order valence-electron chi connectivity index (χ3n) is 5.64. The van der Waals surface area contributed by atoms with Gasteiger partial charge in [0, 0.05) is 45.3 Å². The highest BCUT2D eigenvalue weighted by atomic mass is 16.5. The zero-order chi connectivity index (χ0) is 15.5. The Kier molecular flexibility index (Phi) is 5.01. The van der Waals surface area contributed by atoms with Gasteiger partial charge in [0.25, 0.3) is 0 Å². The summed E-state index contributed by atoms with van der Waals surface area (Å²) in [5, 5.41) is 0. The maximum atomic E-state index is 12.8. The van der Waals surface area contributed by atoms with Gasteiger partial charge in [0.1, 0.15) is 0 Å². The van der Waals surface area contributed by atoms with Crippen molar-refractivity contribution in [2.24, 2.45) is 5.92 Å². The van der Waals surface area contributed by atoms with Crippen molar-refractivity contribution in [3.63, 3.8) is 0 Å². The summed E-state index contributed by atoms with van der Waals surface area (Å²) in [5.41, 5.74) is 0. The van der Waals surface area contributed by atoms with Gasteiger partial charge in [0.15, 0.2) is 0 Å². The van der Waals surface area contributed by atoms with Crippen LogP contribution in [0.3, 0.4) is 0 Å². The fourth-order valence-corrected chi connectivity index (χ4v) is 4.18. The van der Waals surface area contributed by atoms with Gasteiger partial charge in [-0.25, -0.2) is 0 Å². The summed E-state index contributed by atoms with van der Waals surface area (Å²) in [4.78, 5) is 29.0. The third kappa shape index (κ3) is 3.29. The average molecular weight is 308 g/mol. The highest BCUT2D eigenvalue weighted by Gasteiger charge is 2.37. The van der Waals surface area contributed by atoms with Crippen molar-refractivity contribution >= 4 is 11.8 Å². The molecule has 1 aliphatic carbocycles. The number of ether oxygens (including phenoxy) is 1. The molecule has 0 aromatic heterocycles. The average Bonchev–Trinajstić information content (AvgIpc) is 3.09. The van der Waals surface area contributed by atoms with Crippen LogP contribution in [0, 0.1) is 5.92 Å². The standard InChI is InChI=1S/C17H28N2O3/c1-18(14-8-10-22-11-9-14)17(21)13-6-7-16(20)19(12-13)15-4-2-3-5-15/h13-15H,2-12H2,1H3/t13-/m0/s1. The Balaban J connectivity index is 1.60. The van der Waals surface area contributed by atoms with Crippen molar-refractivity contribution in [1.29, 1.82) is 0 Å². The van der Waals surface area contributed by atoms with E-state index in [0.29, 0.717) is 31.5 Å². The number of likely N-dealkylation sites (tertiary alicyclic amines) is 1. The predicted octanol–water partition coefficient (Wildman–Crippen LogP) is 1.80. The minimum Gasteiger partial charge on any atom is -0.381 e. The first-order valence-corrected chi connectivity index (χ1v) is 8.80. The van der Waals surface area contributed by atoms with Crippen molar-refractivity contribution in [2.75, 3.05) is 26.8 Å². The molecule has 0 unspecified atom stereocenters. The van der Waals surface area contributed by atoms with Crippen LogP contribution >= 0.6 is 0 Å². The lowest BCUT2D eigenvalue weighted by Gasteiger charge is -2.39. The van der Waals surface area contributed by atoms with Gasteiger partial charge < -0.3 is 14.5 Å². The second kappa shape index (κ2) is 6.99. The van der Waals surface area contributed by atoms with E-state index >= 15 is 0 Å². The van der Waals surface area contributed by atoms with E-state index in [0.717, 1.165) is 38.9 Å². The van der Waals surface area contributed by atoms with Crippen LogP contribution in [0.5, 0.6) is 0 Å². The first-order chi connectivity index (χ1) is 10.7. The van der Waals surface area contributed by atoms with E-state index in [9.17, 15) is 9.59 Å². The van der Waals surface area contributed by atoms with Gasteiger partial charge in [0.05, 0.1) is 5.92 Å². The minimum atomic E-state index is -0.00820. The summed E-state index contributed by atoms with van der Waals surface area (Å²) in [6.45, 7) is 2.13. The fourth-order valence-electron chi connectivity index (χ4n) is 4.18. The van der Waals surface area contributed by atoms with Gasteiger partial charge in [-0.15, -0.1) is 0 Å². The van der Waals surface area contributed by atoms with Gasteiger partial charge in [-0.2, -0.15) is 0 Å². The smallest absolute Gasteiger partial charge is 0.227 e. The Labute approximate surface area is 133 Å². The van der Waals surface area contributed by atoms with E-state index in [-0.39, 0.29) is 17.7 Å². The van der Waals surface area contributed by atoms with E-state index in [4.69, 9.17) is 4.74 Å². The predicted molar refractivity (Wildman–Crippen MR) is 83.3 cm³/mol. The number of piperidine rings is 1. The zero-order valence-corrected chi connectivity index (χ0v) is 13.6. The first kappa shape index (κ1) is 15.8. The molecule has 2 saturated heterocycles. The van der Waals surface area contributed by atoms with Gasteiger partial charge in [-0.05, 0) is 32.1 Å². The van der Waals surface area contributed by atoms with Crippen LogP contribution in [0.15, 0.2) is 0 Å². The largest absolute Gasteiger partial charge is 0.381 e. The molecule has 22 heavy (non-hydrogen) atoms. The number of rotatable bonds is 3. The molecular weight excluding hydrogens is 280 g/mol. The highest BCUT2D eigenvalue weighted by Crippen LogP contribution is 2.29. The molecule has 3 fully saturated rings. The first-order valence-electron chi connectivity index (χ1n) is 8.80. The van der Waals surface area contributed by atoms with E-state index in [1.54, 1.807) is 0 Å². The van der Waals surface area contributed by atoms with Gasteiger partial charge in [-0.1, -0.05) is 12.8 Å². The molecule has 1 saturated carbocycles. The second-order valence-electron chi connectivity index (χ2n) is 7.01. The summed E-state index contributed by atoms with van der Waals surface area (Å²) in [7, 11) is 1.93. The van der Waals surface area contributed by atoms with Crippen molar-refractivity contribution in [2.45, 2.75) is 63.5 Å². The van der Waals surface area contributed by atoms with Crippen molar-refractivity contribution < 1.29 is 14.3 Å². The zero-order valence-electron chi connectivity index (χ0n) is 13.6. The SMILES string of the molecule is CN(C(=O)[C@H]1CCC(=O)N(C2CCCC2)C1)C1CCOCC1. The van der Waals surface area contributed by atoms with Crippen molar-refractivity contribution in [3.8, 4) is 0 Å². The molecule has 0 spiro atoms. The van der Waals surface area contributed by atoms with Gasteiger partial charge >= 0.3 is 0 Å². The Morgan fingerprint density at radius 2 is 1.82 bits per heavy atom. The third-order valence-corrected chi connectivity index (χ3v) is 5.64. The number of carbonyl (C=O) groups excluding carboxylic acids is 2. The number of amides is 2. The van der Waals surface area contributed by atoms with Crippen LogP contribution in [-0.4, -0.2) is 60.5 Å². The Hall–Kier alpha value is -1.10. The lowest BCUT2D eigenvalue weighted by Crippen LogP contribution is -2.51. The van der Waals surface area contributed by atoms with Crippen LogP contribution in [0.4, 0.5) is 0 Å². The maximum absolute atomic E-state index is 12.8. The molecule has 1 atom stereocenters. The molecule has 2 aliphatic heterocycles. The van der Waals surface area contributed by atoms with Crippen molar-refractivity contribution in [1.82, 2.24) is 9.80 Å². The molecule has 0 aromatic rings. The van der Waals surface area contributed by atoms with Gasteiger partial charge in [-0.3, -0.25) is 9.59 Å². The lowest BCUT2D eigenvalue weighted by atomic mass is 9.93. The number of hydrogen-bond donors (Lipinski definition) is 0. The highest BCUT2D eigenvalue weighted by molar-refractivity contribution is 5.84. The Bertz CT molecular complexity index is 414. The topological polar surface area (TPSA) is 49.9 Å². The second-order valence-corrected chi connectivity index (χ2v) is 7.01. The number of hydrogen-bond acceptors (Lipinski definition) is 3. The molecule has 5 heteroatoms. The molecule has 0 bridgehead atoms. The molecule has 0 aromatic carbocycles. The van der Waals surface area contributed by atoms with Crippen LogP contribution < -0.4 is 0 Å². The summed E-state index contributed by atoms with van der Waals surface area (Å²) >= 11 is 0. The van der Waals surface area contributed by atoms with Crippen LogP contribution in [0.25, 0.3) is 0 Å². The normalized spacial score (nSPS) is 28.1. The van der Waals surface area contributed by atoms with Crippen molar-refractivity contribution in [3.05, 3.63) is 0 Å². The Morgan fingerprint density at radius 1 is 1.14 bits per heavy atom. The molecule has 5 nitrogen and oxygen atoms in total. The maximum Gasteiger partial charge on any atom is 0.227 e. The number of carbonyl (C=O) groups is 2. The van der Waals surface area contributed by atoms with E-state index < -0.39 is 0 Å². The molecule has 0 radical (unpaired) electrons. The summed E-state index contributed by atoms with van der Waals surface area (Å²) in [6.07, 6.45) is 7.78.